The van der Waals surface area contributed by atoms with Gasteiger partial charge >= 0.3 is 0 Å². The van der Waals surface area contributed by atoms with Crippen LogP contribution in [0.2, 0.25) is 0 Å². The number of carbonyl (C=O) groups is 1. The van der Waals surface area contributed by atoms with E-state index in [1.165, 1.54) is 18.2 Å². The van der Waals surface area contributed by atoms with Crippen LogP contribution in [0.3, 0.4) is 0 Å². The van der Waals surface area contributed by atoms with Crippen LogP contribution in [0, 0.1) is 18.3 Å². The van der Waals surface area contributed by atoms with Crippen molar-refractivity contribution in [2.45, 2.75) is 19.9 Å². The maximum Gasteiger partial charge on any atom is 0.267 e. The quantitative estimate of drug-likeness (QED) is 0.609. The summed E-state index contributed by atoms with van der Waals surface area (Å²) < 4.78 is 5.25. The number of nitrogens with one attached hydrogen (secondary N) is 2. The van der Waals surface area contributed by atoms with Crippen LogP contribution < -0.4 is 15.4 Å². The Morgan fingerprint density at radius 1 is 1.48 bits per heavy atom. The lowest BCUT2D eigenvalue weighted by Gasteiger charge is -2.20. The fraction of sp³-hybridized carbons (Fsp3) is 0.316. The van der Waals surface area contributed by atoms with Crippen molar-refractivity contribution in [2.75, 3.05) is 31.3 Å². The van der Waals surface area contributed by atoms with Crippen LogP contribution in [-0.2, 0) is 17.8 Å². The Labute approximate surface area is 162 Å². The standard InChI is InChI=1S/C19H21N5O2S/c1-12-4-5-16(26-3)15(8-12)22-18(25)13(9-20)10-21-19-23-14-6-7-24(2)11-17(14)27-19/h4-5,8,10H,6-7,11H2,1-3H3,(H,21,23)(H,22,25)/b13-10-. The molecule has 1 aliphatic rings. The van der Waals surface area contributed by atoms with Gasteiger partial charge in [0.05, 0.1) is 18.5 Å². The van der Waals surface area contributed by atoms with Crippen molar-refractivity contribution in [3.8, 4) is 11.8 Å². The molecular weight excluding hydrogens is 362 g/mol. The molecule has 0 saturated carbocycles. The molecule has 7 nitrogen and oxygen atoms in total. The van der Waals surface area contributed by atoms with E-state index in [0.29, 0.717) is 16.6 Å². The Morgan fingerprint density at radius 3 is 3.04 bits per heavy atom. The lowest BCUT2D eigenvalue weighted by Crippen LogP contribution is -2.25. The number of aryl methyl sites for hydroxylation is 1. The molecule has 0 unspecified atom stereocenters. The van der Waals surface area contributed by atoms with E-state index in [-0.39, 0.29) is 5.57 Å². The van der Waals surface area contributed by atoms with Crippen LogP contribution >= 0.6 is 11.3 Å². The number of aromatic nitrogens is 1. The Bertz CT molecular complexity index is 929. The van der Waals surface area contributed by atoms with Gasteiger partial charge in [0.25, 0.3) is 5.91 Å². The van der Waals surface area contributed by atoms with E-state index in [0.717, 1.165) is 30.8 Å². The number of nitrogens with zero attached hydrogens (tertiary/aromatic N) is 3. The van der Waals surface area contributed by atoms with Crippen molar-refractivity contribution >= 4 is 28.1 Å². The first-order valence-electron chi connectivity index (χ1n) is 8.50. The Kier molecular flexibility index (Phi) is 5.74. The minimum atomic E-state index is -0.505. The summed E-state index contributed by atoms with van der Waals surface area (Å²) in [6.45, 7) is 3.77. The van der Waals surface area contributed by atoms with Crippen LogP contribution in [-0.4, -0.2) is 36.5 Å². The highest BCUT2D eigenvalue weighted by Gasteiger charge is 2.18. The molecule has 0 radical (unpaired) electrons. The third-order valence-corrected chi connectivity index (χ3v) is 5.24. The molecular formula is C19H21N5O2S. The van der Waals surface area contributed by atoms with E-state index in [1.54, 1.807) is 23.5 Å². The van der Waals surface area contributed by atoms with Gasteiger partial charge in [-0.05, 0) is 31.7 Å². The maximum atomic E-state index is 12.5. The lowest BCUT2D eigenvalue weighted by molar-refractivity contribution is -0.112. The number of carbonyl (C=O) groups excluding carboxylic acids is 1. The average molecular weight is 383 g/mol. The Hall–Kier alpha value is -2.89. The highest BCUT2D eigenvalue weighted by Crippen LogP contribution is 2.28. The Balaban J connectivity index is 1.72. The van der Waals surface area contributed by atoms with Crippen LogP contribution in [0.1, 0.15) is 16.1 Å². The number of nitriles is 1. The minimum Gasteiger partial charge on any atom is -0.495 e. The second kappa shape index (κ2) is 8.20. The van der Waals surface area contributed by atoms with Crippen molar-refractivity contribution in [1.29, 1.82) is 5.26 Å². The van der Waals surface area contributed by atoms with E-state index in [4.69, 9.17) is 4.74 Å². The minimum absolute atomic E-state index is 0.0381. The van der Waals surface area contributed by atoms with Gasteiger partial charge in [-0.15, -0.1) is 11.3 Å². The number of likely N-dealkylation sites (N-methyl/N-ethyl adjacent to an activating group) is 1. The molecule has 0 bridgehead atoms. The first-order chi connectivity index (χ1) is 13.0. The molecule has 0 atom stereocenters. The number of thiazole rings is 1. The molecule has 1 amide bonds. The molecule has 140 valence electrons. The number of hydrogen-bond acceptors (Lipinski definition) is 7. The Morgan fingerprint density at radius 2 is 2.30 bits per heavy atom. The summed E-state index contributed by atoms with van der Waals surface area (Å²) in [7, 11) is 3.61. The van der Waals surface area contributed by atoms with Crippen molar-refractivity contribution in [3.05, 3.63) is 46.1 Å². The summed E-state index contributed by atoms with van der Waals surface area (Å²) in [5.41, 5.74) is 2.55. The number of fused-ring (bicyclic) bond motifs is 1. The SMILES string of the molecule is COc1ccc(C)cc1NC(=O)/C(C#N)=C\Nc1nc2c(s1)CN(C)CC2. The third-order valence-electron chi connectivity index (χ3n) is 4.23. The van der Waals surface area contributed by atoms with Gasteiger partial charge in [-0.2, -0.15) is 5.26 Å². The molecule has 2 N–H and O–H groups in total. The number of amides is 1. The molecule has 2 aromatic rings. The first kappa shape index (κ1) is 18.9. The monoisotopic (exact) mass is 383 g/mol. The molecule has 0 spiro atoms. The number of rotatable bonds is 5. The second-order valence-corrected chi connectivity index (χ2v) is 7.43. The number of hydrogen-bond donors (Lipinski definition) is 2. The zero-order chi connectivity index (χ0) is 19.4. The molecule has 8 heteroatoms. The van der Waals surface area contributed by atoms with Gasteiger partial charge in [-0.1, -0.05) is 6.07 Å². The number of anilines is 2. The molecule has 1 aromatic carbocycles. The zero-order valence-electron chi connectivity index (χ0n) is 15.5. The lowest BCUT2D eigenvalue weighted by atomic mass is 10.2. The summed E-state index contributed by atoms with van der Waals surface area (Å²) in [4.78, 5) is 20.5. The summed E-state index contributed by atoms with van der Waals surface area (Å²) in [5.74, 6) is 0.0332. The van der Waals surface area contributed by atoms with Gasteiger partial charge in [0.15, 0.2) is 5.13 Å². The van der Waals surface area contributed by atoms with Crippen LogP contribution in [0.4, 0.5) is 10.8 Å². The number of benzene rings is 1. The van der Waals surface area contributed by atoms with Gasteiger partial charge in [0, 0.05) is 30.6 Å². The van der Waals surface area contributed by atoms with E-state index >= 15 is 0 Å². The van der Waals surface area contributed by atoms with Gasteiger partial charge in [0.1, 0.15) is 17.4 Å². The van der Waals surface area contributed by atoms with Gasteiger partial charge < -0.3 is 20.3 Å². The summed E-state index contributed by atoms with van der Waals surface area (Å²) in [5, 5.41) is 15.8. The second-order valence-electron chi connectivity index (χ2n) is 6.35. The van der Waals surface area contributed by atoms with E-state index in [9.17, 15) is 10.1 Å². The van der Waals surface area contributed by atoms with E-state index in [1.807, 2.05) is 19.1 Å². The van der Waals surface area contributed by atoms with Gasteiger partial charge in [-0.25, -0.2) is 4.98 Å². The van der Waals surface area contributed by atoms with Crippen LogP contribution in [0.5, 0.6) is 5.75 Å². The highest BCUT2D eigenvalue weighted by atomic mass is 32.1. The summed E-state index contributed by atoms with van der Waals surface area (Å²) >= 11 is 1.55. The normalized spacial score (nSPS) is 14.2. The highest BCUT2D eigenvalue weighted by molar-refractivity contribution is 7.15. The summed E-state index contributed by atoms with van der Waals surface area (Å²) in [6.07, 6.45) is 2.30. The molecule has 0 aliphatic carbocycles. The topological polar surface area (TPSA) is 90.3 Å². The largest absolute Gasteiger partial charge is 0.495 e. The molecule has 27 heavy (non-hydrogen) atoms. The zero-order valence-corrected chi connectivity index (χ0v) is 16.3. The van der Waals surface area contributed by atoms with E-state index in [2.05, 4.69) is 27.6 Å². The van der Waals surface area contributed by atoms with Crippen LogP contribution in [0.15, 0.2) is 30.0 Å². The molecule has 0 fully saturated rings. The molecule has 0 saturated heterocycles. The third kappa shape index (κ3) is 4.45. The van der Waals surface area contributed by atoms with Crippen molar-refractivity contribution in [1.82, 2.24) is 9.88 Å². The van der Waals surface area contributed by atoms with Crippen molar-refractivity contribution < 1.29 is 9.53 Å². The number of methoxy groups -OCH3 is 1. The maximum absolute atomic E-state index is 12.5. The van der Waals surface area contributed by atoms with Gasteiger partial charge in [-0.3, -0.25) is 4.79 Å². The predicted octanol–water partition coefficient (Wildman–Crippen LogP) is 2.91. The fourth-order valence-corrected chi connectivity index (χ4v) is 3.83. The van der Waals surface area contributed by atoms with Crippen molar-refractivity contribution in [2.24, 2.45) is 0 Å². The average Bonchev–Trinajstić information content (AvgIpc) is 3.04. The van der Waals surface area contributed by atoms with E-state index < -0.39 is 5.91 Å². The number of ether oxygens (including phenoxy) is 1. The van der Waals surface area contributed by atoms with Gasteiger partial charge in [0.2, 0.25) is 0 Å². The van der Waals surface area contributed by atoms with Crippen LogP contribution in [0.25, 0.3) is 0 Å². The molecule has 1 aliphatic heterocycles. The molecule has 3 rings (SSSR count). The fourth-order valence-electron chi connectivity index (χ4n) is 2.78. The summed E-state index contributed by atoms with van der Waals surface area (Å²) in [6, 6.07) is 7.39. The smallest absolute Gasteiger partial charge is 0.267 e. The molecule has 2 heterocycles. The van der Waals surface area contributed by atoms with Crippen molar-refractivity contribution in [3.63, 3.8) is 0 Å². The first-order valence-corrected chi connectivity index (χ1v) is 9.31. The molecule has 1 aromatic heterocycles. The predicted molar refractivity (Wildman–Crippen MR) is 106 cm³/mol.